The van der Waals surface area contributed by atoms with Crippen LogP contribution in [0.15, 0.2) is 24.3 Å². The van der Waals surface area contributed by atoms with Gasteiger partial charge in [0.05, 0.1) is 0 Å². The molecule has 0 fully saturated rings. The first kappa shape index (κ1) is 11.9. The van der Waals surface area contributed by atoms with Crippen LogP contribution in [0.3, 0.4) is 0 Å². The molecule has 0 N–H and O–H groups in total. The minimum atomic E-state index is -0.312. The van der Waals surface area contributed by atoms with Gasteiger partial charge >= 0.3 is 95.7 Å². The van der Waals surface area contributed by atoms with Gasteiger partial charge in [0.25, 0.3) is 0 Å². The average molecular weight is 242 g/mol. The van der Waals surface area contributed by atoms with Gasteiger partial charge in [-0.3, -0.25) is 0 Å². The van der Waals surface area contributed by atoms with Crippen molar-refractivity contribution < 1.29 is 17.1 Å². The first-order chi connectivity index (χ1) is 6.74. The van der Waals surface area contributed by atoms with E-state index in [0.717, 1.165) is 4.51 Å². The predicted molar refractivity (Wildman–Crippen MR) is 59.3 cm³/mol. The summed E-state index contributed by atoms with van der Waals surface area (Å²) >= 11 is -0.312. The van der Waals surface area contributed by atoms with Gasteiger partial charge in [-0.15, -0.1) is 0 Å². The Morgan fingerprint density at radius 1 is 1.21 bits per heavy atom. The normalized spacial score (nSPS) is 12.2. The fourth-order valence-corrected chi connectivity index (χ4v) is 5.97. The van der Waals surface area contributed by atoms with E-state index >= 15 is 0 Å². The van der Waals surface area contributed by atoms with Crippen LogP contribution < -0.4 is 0 Å². The van der Waals surface area contributed by atoms with E-state index in [9.17, 15) is 0 Å². The van der Waals surface area contributed by atoms with Gasteiger partial charge in [-0.2, -0.15) is 0 Å². The van der Waals surface area contributed by atoms with Gasteiger partial charge in [-0.05, 0) is 0 Å². The number of benzene rings is 1. The maximum atomic E-state index is 2.42. The Bertz CT molecular complexity index is 250. The van der Waals surface area contributed by atoms with Crippen LogP contribution in [0.5, 0.6) is 0 Å². The summed E-state index contributed by atoms with van der Waals surface area (Å²) in [5, 5.41) is 1.55. The molecule has 1 unspecified atom stereocenters. The standard InChI is InChI=1S/C9H11.C4H9.Zn/c1-3-9-6-4-8(2)5-7-9;1-3-4-2;/h3-7H,1-2H3;1,3-4H2,2H3;. The summed E-state index contributed by atoms with van der Waals surface area (Å²) in [7, 11) is 0. The van der Waals surface area contributed by atoms with E-state index in [1.165, 1.54) is 18.4 Å². The van der Waals surface area contributed by atoms with E-state index < -0.39 is 0 Å². The quantitative estimate of drug-likeness (QED) is 0.531. The molecule has 0 aliphatic heterocycles. The van der Waals surface area contributed by atoms with Crippen LogP contribution in [-0.4, -0.2) is 0 Å². The van der Waals surface area contributed by atoms with Gasteiger partial charge < -0.3 is 0 Å². The van der Waals surface area contributed by atoms with E-state index in [1.54, 1.807) is 10.6 Å². The Morgan fingerprint density at radius 3 is 2.43 bits per heavy atom. The van der Waals surface area contributed by atoms with Gasteiger partial charge in [0, 0.05) is 0 Å². The molecular weight excluding hydrogens is 222 g/mol. The molecule has 1 atom stereocenters. The van der Waals surface area contributed by atoms with E-state index in [2.05, 4.69) is 45.0 Å². The number of hydrogen-bond donors (Lipinski definition) is 0. The minimum absolute atomic E-state index is 0.312. The van der Waals surface area contributed by atoms with Gasteiger partial charge in [0.15, 0.2) is 0 Å². The molecule has 0 saturated heterocycles. The van der Waals surface area contributed by atoms with Crippen molar-refractivity contribution in [2.24, 2.45) is 0 Å². The van der Waals surface area contributed by atoms with Crippen molar-refractivity contribution in [2.75, 3.05) is 0 Å². The molecule has 74 valence electrons. The number of aryl methyl sites for hydroxylation is 1. The Kier molecular flexibility index (Phi) is 5.40. The third kappa shape index (κ3) is 3.92. The SMILES string of the molecule is CCC[CH2][Zn][CH](C)c1ccc(C)cc1. The molecule has 14 heavy (non-hydrogen) atoms. The molecule has 0 radical (unpaired) electrons. The zero-order valence-electron chi connectivity index (χ0n) is 9.72. The van der Waals surface area contributed by atoms with Crippen LogP contribution in [0.25, 0.3) is 0 Å². The molecule has 0 amide bonds. The van der Waals surface area contributed by atoms with E-state index in [1.807, 2.05) is 0 Å². The van der Waals surface area contributed by atoms with Crippen molar-refractivity contribution >= 4 is 0 Å². The first-order valence-corrected chi connectivity index (χ1v) is 9.61. The summed E-state index contributed by atoms with van der Waals surface area (Å²) in [6, 6.07) is 9.12. The maximum absolute atomic E-state index is 2.42. The average Bonchev–Trinajstić information content (AvgIpc) is 2.19. The van der Waals surface area contributed by atoms with Gasteiger partial charge in [-0.25, -0.2) is 0 Å². The van der Waals surface area contributed by atoms with Crippen LogP contribution in [0.1, 0.15) is 42.3 Å². The zero-order chi connectivity index (χ0) is 10.4. The summed E-state index contributed by atoms with van der Waals surface area (Å²) in [6.45, 7) is 6.87. The molecular formula is C13H20Zn. The van der Waals surface area contributed by atoms with Gasteiger partial charge in [-0.1, -0.05) is 0 Å². The van der Waals surface area contributed by atoms with Crippen molar-refractivity contribution in [1.82, 2.24) is 0 Å². The zero-order valence-corrected chi connectivity index (χ0v) is 12.7. The third-order valence-corrected chi connectivity index (χ3v) is 7.60. The molecule has 1 aromatic carbocycles. The first-order valence-electron chi connectivity index (χ1n) is 5.80. The second-order valence-electron chi connectivity index (χ2n) is 4.31. The summed E-state index contributed by atoms with van der Waals surface area (Å²) in [4.78, 5) is 0. The predicted octanol–water partition coefficient (Wildman–Crippen LogP) is 4.36. The Labute approximate surface area is 95.7 Å². The van der Waals surface area contributed by atoms with Crippen LogP contribution in [-0.2, 0) is 17.1 Å². The molecule has 0 bridgehead atoms. The Morgan fingerprint density at radius 2 is 1.86 bits per heavy atom. The fourth-order valence-electron chi connectivity index (χ4n) is 1.76. The Hall–Kier alpha value is -0.157. The molecule has 0 heterocycles. The third-order valence-electron chi connectivity index (χ3n) is 2.89. The molecule has 1 rings (SSSR count). The van der Waals surface area contributed by atoms with Crippen molar-refractivity contribution in [3.8, 4) is 0 Å². The number of hydrogen-bond acceptors (Lipinski definition) is 0. The number of rotatable bonds is 5. The Balaban J connectivity index is 2.43. The molecule has 0 saturated carbocycles. The second-order valence-corrected chi connectivity index (χ2v) is 9.57. The molecule has 0 aliphatic rings. The van der Waals surface area contributed by atoms with Crippen molar-refractivity contribution in [2.45, 2.75) is 43.1 Å². The van der Waals surface area contributed by atoms with Crippen LogP contribution in [0.2, 0.25) is 5.02 Å². The van der Waals surface area contributed by atoms with Crippen LogP contribution >= 0.6 is 0 Å². The van der Waals surface area contributed by atoms with Crippen molar-refractivity contribution in [1.29, 1.82) is 0 Å². The van der Waals surface area contributed by atoms with E-state index in [0.29, 0.717) is 0 Å². The summed E-state index contributed by atoms with van der Waals surface area (Å²) in [5.74, 6) is 0. The molecule has 0 nitrogen and oxygen atoms in total. The summed E-state index contributed by atoms with van der Waals surface area (Å²) < 4.78 is 0.912. The molecule has 0 spiro atoms. The topological polar surface area (TPSA) is 0 Å². The van der Waals surface area contributed by atoms with Crippen molar-refractivity contribution in [3.63, 3.8) is 0 Å². The summed E-state index contributed by atoms with van der Waals surface area (Å²) in [5.41, 5.74) is 2.95. The molecule has 0 aliphatic carbocycles. The second kappa shape index (κ2) is 6.35. The van der Waals surface area contributed by atoms with Gasteiger partial charge in [0.1, 0.15) is 0 Å². The monoisotopic (exact) mass is 240 g/mol. The number of unbranched alkanes of at least 4 members (excludes halogenated alkanes) is 1. The molecule has 1 aromatic rings. The van der Waals surface area contributed by atoms with E-state index in [-0.39, 0.29) is 17.1 Å². The van der Waals surface area contributed by atoms with Crippen LogP contribution in [0.4, 0.5) is 0 Å². The van der Waals surface area contributed by atoms with Crippen LogP contribution in [0, 0.1) is 6.92 Å². The summed E-state index contributed by atoms with van der Waals surface area (Å²) in [6.07, 6.45) is 2.82. The van der Waals surface area contributed by atoms with E-state index in [4.69, 9.17) is 0 Å². The fraction of sp³-hybridized carbons (Fsp3) is 0.538. The van der Waals surface area contributed by atoms with Crippen molar-refractivity contribution in [3.05, 3.63) is 35.4 Å². The van der Waals surface area contributed by atoms with Gasteiger partial charge in [0.2, 0.25) is 0 Å². The molecule has 0 aromatic heterocycles. The molecule has 1 heteroatoms.